The van der Waals surface area contributed by atoms with Crippen LogP contribution in [0.5, 0.6) is 0 Å². The van der Waals surface area contributed by atoms with Crippen molar-refractivity contribution in [2.75, 3.05) is 19.7 Å². The third-order valence-electron chi connectivity index (χ3n) is 5.20. The lowest BCUT2D eigenvalue weighted by Crippen LogP contribution is -2.09. The molecule has 1 fully saturated rings. The van der Waals surface area contributed by atoms with Gasteiger partial charge in [-0.15, -0.1) is 13.2 Å². The van der Waals surface area contributed by atoms with Crippen LogP contribution >= 0.6 is 0 Å². The molecule has 0 aliphatic heterocycles. The van der Waals surface area contributed by atoms with Gasteiger partial charge in [0.15, 0.2) is 12.9 Å². The Morgan fingerprint density at radius 2 is 1.57 bits per heavy atom. The van der Waals surface area contributed by atoms with Crippen LogP contribution in [0.15, 0.2) is 30.5 Å². The Labute approximate surface area is 234 Å². The largest absolute Gasteiger partial charge is 0.388 e. The van der Waals surface area contributed by atoms with E-state index in [1.54, 1.807) is 12.2 Å². The predicted molar refractivity (Wildman–Crippen MR) is 170 cm³/mol. The van der Waals surface area contributed by atoms with E-state index in [9.17, 15) is 4.79 Å². The number of nitrogens with zero attached hydrogens (tertiary/aromatic N) is 1. The van der Waals surface area contributed by atoms with Gasteiger partial charge in [0, 0.05) is 6.42 Å². The van der Waals surface area contributed by atoms with Gasteiger partial charge in [0.05, 0.1) is 11.6 Å². The first kappa shape index (κ1) is 45.1. The van der Waals surface area contributed by atoms with Crippen LogP contribution in [0.3, 0.4) is 0 Å². The molecule has 0 heterocycles. The van der Waals surface area contributed by atoms with Gasteiger partial charge in [-0.3, -0.25) is 4.79 Å². The molecule has 1 rings (SSSR count). The summed E-state index contributed by atoms with van der Waals surface area (Å²) in [6.45, 7) is 31.7. The normalized spacial score (nSPS) is 13.4. The first-order chi connectivity index (χ1) is 17.9. The van der Waals surface area contributed by atoms with Crippen molar-refractivity contribution in [3.63, 3.8) is 0 Å². The number of carbonyl (C=O) groups excluding carboxylic acids is 1. The Kier molecular flexibility index (Phi) is 53.8. The highest BCUT2D eigenvalue weighted by atomic mass is 16.6. The Morgan fingerprint density at radius 3 is 1.95 bits per heavy atom. The van der Waals surface area contributed by atoms with Crippen molar-refractivity contribution in [2.45, 2.75) is 128 Å². The molecule has 1 aliphatic rings. The lowest BCUT2D eigenvalue weighted by molar-refractivity contribution is -0.111. The van der Waals surface area contributed by atoms with E-state index in [-0.39, 0.29) is 12.5 Å². The van der Waals surface area contributed by atoms with Crippen LogP contribution in [-0.4, -0.2) is 31.7 Å². The molecule has 220 valence electrons. The SMILES string of the molecule is C=CC.C=CCC#CC(C)/C(C)=N\OCC=O.CC.CC.CCC(C)CC1CCCCC1.CCNCC. The smallest absolute Gasteiger partial charge is 0.172 e. The lowest BCUT2D eigenvalue weighted by atomic mass is 9.83. The molecule has 0 amide bonds. The first-order valence-electron chi connectivity index (χ1n) is 14.8. The summed E-state index contributed by atoms with van der Waals surface area (Å²) in [6, 6.07) is 0. The van der Waals surface area contributed by atoms with Gasteiger partial charge in [-0.05, 0) is 52.1 Å². The monoisotopic (exact) mass is 523 g/mol. The average molecular weight is 523 g/mol. The topological polar surface area (TPSA) is 50.7 Å². The summed E-state index contributed by atoms with van der Waals surface area (Å²) in [6.07, 6.45) is 15.2. The summed E-state index contributed by atoms with van der Waals surface area (Å²) in [4.78, 5) is 14.6. The highest BCUT2D eigenvalue weighted by Gasteiger charge is 2.15. The van der Waals surface area contributed by atoms with Crippen molar-refractivity contribution in [3.8, 4) is 11.8 Å². The van der Waals surface area contributed by atoms with Crippen molar-refractivity contribution in [2.24, 2.45) is 22.9 Å². The molecule has 0 saturated heterocycles. The van der Waals surface area contributed by atoms with E-state index in [4.69, 9.17) is 4.84 Å². The Hall–Kier alpha value is -1.86. The zero-order valence-corrected chi connectivity index (χ0v) is 26.9. The van der Waals surface area contributed by atoms with Gasteiger partial charge in [0.25, 0.3) is 0 Å². The van der Waals surface area contributed by atoms with Gasteiger partial charge < -0.3 is 10.2 Å². The maximum Gasteiger partial charge on any atom is 0.172 e. The van der Waals surface area contributed by atoms with Crippen molar-refractivity contribution < 1.29 is 9.63 Å². The second-order valence-electron chi connectivity index (χ2n) is 8.35. The third-order valence-corrected chi connectivity index (χ3v) is 5.20. The van der Waals surface area contributed by atoms with Gasteiger partial charge >= 0.3 is 0 Å². The van der Waals surface area contributed by atoms with E-state index in [0.29, 0.717) is 12.7 Å². The summed E-state index contributed by atoms with van der Waals surface area (Å²) < 4.78 is 0. The van der Waals surface area contributed by atoms with E-state index in [1.165, 1.54) is 44.9 Å². The minimum absolute atomic E-state index is 0.00978. The highest BCUT2D eigenvalue weighted by Crippen LogP contribution is 2.29. The van der Waals surface area contributed by atoms with E-state index >= 15 is 0 Å². The molecule has 1 saturated carbocycles. The Balaban J connectivity index is -0.000000131. The van der Waals surface area contributed by atoms with Crippen LogP contribution in [0.25, 0.3) is 0 Å². The second kappa shape index (κ2) is 44.2. The lowest BCUT2D eigenvalue weighted by Gasteiger charge is -2.23. The number of allylic oxidation sites excluding steroid dienone is 2. The summed E-state index contributed by atoms with van der Waals surface area (Å²) >= 11 is 0. The second-order valence-corrected chi connectivity index (χ2v) is 8.35. The zero-order chi connectivity index (χ0) is 29.7. The maximum absolute atomic E-state index is 9.93. The van der Waals surface area contributed by atoms with Crippen LogP contribution in [0.1, 0.15) is 128 Å². The highest BCUT2D eigenvalue weighted by molar-refractivity contribution is 5.86. The van der Waals surface area contributed by atoms with Crippen molar-refractivity contribution in [3.05, 3.63) is 25.3 Å². The van der Waals surface area contributed by atoms with Gasteiger partial charge in [0.1, 0.15) is 0 Å². The average Bonchev–Trinajstić information content (AvgIpc) is 2.93. The van der Waals surface area contributed by atoms with Gasteiger partial charge in [-0.1, -0.05) is 123 Å². The Bertz CT molecular complexity index is 524. The number of aldehydes is 1. The molecule has 4 nitrogen and oxygen atoms in total. The molecular weight excluding hydrogens is 456 g/mol. The fourth-order valence-electron chi connectivity index (χ4n) is 3.05. The zero-order valence-electron chi connectivity index (χ0n) is 26.9. The molecule has 0 aromatic heterocycles. The number of hydrogen-bond donors (Lipinski definition) is 1. The molecule has 2 unspecified atom stereocenters. The quantitative estimate of drug-likeness (QED) is 0.0775. The molecule has 1 aliphatic carbocycles. The molecular formula is C33H66N2O2. The fraction of sp³-hybridized carbons (Fsp3) is 0.758. The molecule has 37 heavy (non-hydrogen) atoms. The summed E-state index contributed by atoms with van der Waals surface area (Å²) in [7, 11) is 0. The summed E-state index contributed by atoms with van der Waals surface area (Å²) in [5.74, 6) is 8.02. The van der Waals surface area contributed by atoms with Crippen LogP contribution in [0.2, 0.25) is 0 Å². The Morgan fingerprint density at radius 1 is 1.05 bits per heavy atom. The summed E-state index contributed by atoms with van der Waals surface area (Å²) in [5.41, 5.74) is 0.767. The minimum Gasteiger partial charge on any atom is -0.388 e. The number of rotatable bonds is 10. The van der Waals surface area contributed by atoms with E-state index < -0.39 is 0 Å². The molecule has 1 N–H and O–H groups in total. The van der Waals surface area contributed by atoms with Crippen molar-refractivity contribution in [1.82, 2.24) is 5.32 Å². The number of hydrogen-bond acceptors (Lipinski definition) is 4. The molecule has 2 atom stereocenters. The van der Waals surface area contributed by atoms with Crippen molar-refractivity contribution >= 4 is 12.0 Å². The fourth-order valence-corrected chi connectivity index (χ4v) is 3.05. The van der Waals surface area contributed by atoms with Crippen LogP contribution in [-0.2, 0) is 9.63 Å². The molecule has 0 aromatic carbocycles. The molecule has 0 radical (unpaired) electrons. The van der Waals surface area contributed by atoms with E-state index in [0.717, 1.165) is 30.6 Å². The standard InChI is InChI=1S/C11H15NO2.C11H22.C4H11N.C3H6.2C2H6/c1-4-5-6-7-10(2)11(3)12-14-9-8-13;1-3-10(2)9-11-7-5-4-6-8-11;1-3-5-4-2;1-3-2;2*1-2/h4,8,10H,1,5,9H2,2-3H3;10-11H,3-9H2,1-2H3;5H,3-4H2,1-2H3;3H,1H2,2H3;2*1-2H3/b12-11-;;;;;. The minimum atomic E-state index is -0.00978. The predicted octanol–water partition coefficient (Wildman–Crippen LogP) is 9.66. The van der Waals surface area contributed by atoms with Gasteiger partial charge in [0.2, 0.25) is 0 Å². The number of carbonyl (C=O) groups is 1. The first-order valence-corrected chi connectivity index (χ1v) is 14.8. The molecule has 0 bridgehead atoms. The third kappa shape index (κ3) is 44.5. The van der Waals surface area contributed by atoms with Crippen LogP contribution < -0.4 is 5.32 Å². The van der Waals surface area contributed by atoms with Crippen LogP contribution in [0.4, 0.5) is 0 Å². The number of nitrogens with one attached hydrogen (secondary N) is 1. The van der Waals surface area contributed by atoms with Gasteiger partial charge in [-0.25, -0.2) is 0 Å². The maximum atomic E-state index is 9.93. The van der Waals surface area contributed by atoms with E-state index in [1.807, 2.05) is 48.5 Å². The summed E-state index contributed by atoms with van der Waals surface area (Å²) in [5, 5.41) is 6.86. The molecule has 4 heteroatoms. The molecule has 0 aromatic rings. The number of oxime groups is 1. The van der Waals surface area contributed by atoms with Gasteiger partial charge in [-0.2, -0.15) is 0 Å². The van der Waals surface area contributed by atoms with E-state index in [2.05, 4.69) is 63.2 Å². The molecule has 0 spiro atoms. The van der Waals surface area contributed by atoms with Crippen LogP contribution in [0, 0.1) is 29.6 Å². The van der Waals surface area contributed by atoms with Crippen molar-refractivity contribution in [1.29, 1.82) is 0 Å².